The van der Waals surface area contributed by atoms with Crippen LogP contribution in [0, 0.1) is 0 Å². The van der Waals surface area contributed by atoms with E-state index in [4.69, 9.17) is 23.2 Å². The van der Waals surface area contributed by atoms with Crippen molar-refractivity contribution in [2.24, 2.45) is 0 Å². The molecule has 122 valence electrons. The molecule has 0 aliphatic rings. The minimum atomic E-state index is -3.67. The maximum absolute atomic E-state index is 12.3. The SMILES string of the molecule is O=S(=O)(Nc1ccc(-c2cccc(Cl)c2Cl)cn1)c1ccccc1. The van der Waals surface area contributed by atoms with Gasteiger partial charge in [-0.1, -0.05) is 53.5 Å². The summed E-state index contributed by atoms with van der Waals surface area (Å²) in [6, 6.07) is 16.7. The van der Waals surface area contributed by atoms with Gasteiger partial charge in [0, 0.05) is 17.3 Å². The summed E-state index contributed by atoms with van der Waals surface area (Å²) in [5.41, 5.74) is 1.47. The zero-order valence-electron chi connectivity index (χ0n) is 12.3. The first-order chi connectivity index (χ1) is 11.5. The van der Waals surface area contributed by atoms with E-state index in [1.165, 1.54) is 12.1 Å². The van der Waals surface area contributed by atoms with Gasteiger partial charge < -0.3 is 0 Å². The van der Waals surface area contributed by atoms with Crippen LogP contribution in [0.4, 0.5) is 5.82 Å². The van der Waals surface area contributed by atoms with Gasteiger partial charge in [0.05, 0.1) is 14.9 Å². The van der Waals surface area contributed by atoms with Crippen molar-refractivity contribution < 1.29 is 8.42 Å². The quantitative estimate of drug-likeness (QED) is 0.705. The van der Waals surface area contributed by atoms with Gasteiger partial charge in [-0.3, -0.25) is 4.72 Å². The van der Waals surface area contributed by atoms with E-state index in [0.717, 1.165) is 11.1 Å². The highest BCUT2D eigenvalue weighted by atomic mass is 35.5. The van der Waals surface area contributed by atoms with E-state index >= 15 is 0 Å². The van der Waals surface area contributed by atoms with Crippen LogP contribution in [0.5, 0.6) is 0 Å². The average molecular weight is 379 g/mol. The molecular formula is C17H12Cl2N2O2S. The summed E-state index contributed by atoms with van der Waals surface area (Å²) in [4.78, 5) is 4.32. The van der Waals surface area contributed by atoms with Gasteiger partial charge >= 0.3 is 0 Å². The van der Waals surface area contributed by atoms with Crippen LogP contribution in [-0.4, -0.2) is 13.4 Å². The maximum atomic E-state index is 12.3. The van der Waals surface area contributed by atoms with Crippen LogP contribution in [0.25, 0.3) is 11.1 Å². The van der Waals surface area contributed by atoms with Gasteiger partial charge in [0.1, 0.15) is 5.82 Å². The van der Waals surface area contributed by atoms with Crippen LogP contribution in [0.15, 0.2) is 71.8 Å². The van der Waals surface area contributed by atoms with E-state index < -0.39 is 10.0 Å². The number of nitrogens with zero attached hydrogens (tertiary/aromatic N) is 1. The third-order valence-corrected chi connectivity index (χ3v) is 5.51. The van der Waals surface area contributed by atoms with Crippen molar-refractivity contribution >= 4 is 39.0 Å². The third kappa shape index (κ3) is 3.53. The molecule has 0 bridgehead atoms. The van der Waals surface area contributed by atoms with E-state index in [-0.39, 0.29) is 10.7 Å². The Labute approximate surface area is 150 Å². The van der Waals surface area contributed by atoms with Crippen molar-refractivity contribution in [1.82, 2.24) is 4.98 Å². The van der Waals surface area contributed by atoms with E-state index in [1.807, 2.05) is 6.07 Å². The summed E-state index contributed by atoms with van der Waals surface area (Å²) in [6.07, 6.45) is 1.54. The van der Waals surface area contributed by atoms with Crippen LogP contribution in [-0.2, 0) is 10.0 Å². The molecule has 7 heteroatoms. The van der Waals surface area contributed by atoms with Gasteiger partial charge in [0.15, 0.2) is 0 Å². The minimum Gasteiger partial charge on any atom is -0.263 e. The van der Waals surface area contributed by atoms with Gasteiger partial charge in [-0.2, -0.15) is 0 Å². The van der Waals surface area contributed by atoms with Crippen LogP contribution in [0.1, 0.15) is 0 Å². The van der Waals surface area contributed by atoms with E-state index in [0.29, 0.717) is 10.0 Å². The lowest BCUT2D eigenvalue weighted by atomic mass is 10.1. The van der Waals surface area contributed by atoms with Gasteiger partial charge in [0.25, 0.3) is 10.0 Å². The van der Waals surface area contributed by atoms with Crippen molar-refractivity contribution in [3.05, 3.63) is 76.9 Å². The number of aromatic nitrogens is 1. The van der Waals surface area contributed by atoms with Crippen molar-refractivity contribution in [1.29, 1.82) is 0 Å². The first-order valence-corrected chi connectivity index (χ1v) is 9.19. The highest BCUT2D eigenvalue weighted by molar-refractivity contribution is 7.92. The van der Waals surface area contributed by atoms with Gasteiger partial charge in [-0.05, 0) is 30.3 Å². The Balaban J connectivity index is 1.87. The standard InChI is InChI=1S/C17H12Cl2N2O2S/c18-15-8-4-7-14(17(15)19)12-9-10-16(20-11-12)21-24(22,23)13-5-2-1-3-6-13/h1-11H,(H,20,21). The fraction of sp³-hybridized carbons (Fsp3) is 0. The van der Waals surface area contributed by atoms with Crippen LogP contribution in [0.2, 0.25) is 10.0 Å². The Kier molecular flexibility index (Phi) is 4.76. The lowest BCUT2D eigenvalue weighted by Crippen LogP contribution is -2.13. The van der Waals surface area contributed by atoms with Crippen LogP contribution in [0.3, 0.4) is 0 Å². The highest BCUT2D eigenvalue weighted by Crippen LogP contribution is 2.33. The number of sulfonamides is 1. The second-order valence-electron chi connectivity index (χ2n) is 4.95. The third-order valence-electron chi connectivity index (χ3n) is 3.32. The molecule has 0 aliphatic heterocycles. The Morgan fingerprint density at radius 1 is 0.875 bits per heavy atom. The molecule has 1 N–H and O–H groups in total. The Morgan fingerprint density at radius 2 is 1.62 bits per heavy atom. The molecule has 3 aromatic rings. The molecule has 24 heavy (non-hydrogen) atoms. The first-order valence-electron chi connectivity index (χ1n) is 6.96. The predicted molar refractivity (Wildman–Crippen MR) is 96.9 cm³/mol. The molecule has 0 spiro atoms. The number of anilines is 1. The van der Waals surface area contributed by atoms with Crippen molar-refractivity contribution in [2.75, 3.05) is 4.72 Å². The molecule has 0 fully saturated rings. The largest absolute Gasteiger partial charge is 0.263 e. The number of halogens is 2. The fourth-order valence-electron chi connectivity index (χ4n) is 2.14. The molecule has 1 aromatic heterocycles. The van der Waals surface area contributed by atoms with Gasteiger partial charge in [-0.25, -0.2) is 13.4 Å². The number of pyridine rings is 1. The zero-order chi connectivity index (χ0) is 17.2. The first kappa shape index (κ1) is 16.8. The molecule has 0 amide bonds. The molecule has 2 aromatic carbocycles. The minimum absolute atomic E-state index is 0.175. The van der Waals surface area contributed by atoms with Gasteiger partial charge in [-0.15, -0.1) is 0 Å². The number of hydrogen-bond acceptors (Lipinski definition) is 3. The smallest absolute Gasteiger partial charge is 0.263 e. The molecule has 1 heterocycles. The van der Waals surface area contributed by atoms with Crippen molar-refractivity contribution in [2.45, 2.75) is 4.90 Å². The summed E-state index contributed by atoms with van der Waals surface area (Å²) >= 11 is 12.2. The van der Waals surface area contributed by atoms with E-state index in [9.17, 15) is 8.42 Å². The second kappa shape index (κ2) is 6.81. The topological polar surface area (TPSA) is 59.1 Å². The lowest BCUT2D eigenvalue weighted by Gasteiger charge is -2.09. The van der Waals surface area contributed by atoms with E-state index in [1.54, 1.807) is 48.7 Å². The molecule has 0 aliphatic carbocycles. The molecule has 0 saturated heterocycles. The molecule has 0 radical (unpaired) electrons. The molecule has 0 saturated carbocycles. The summed E-state index contributed by atoms with van der Waals surface area (Å²) < 4.78 is 27.0. The zero-order valence-corrected chi connectivity index (χ0v) is 14.6. The lowest BCUT2D eigenvalue weighted by molar-refractivity contribution is 0.601. The second-order valence-corrected chi connectivity index (χ2v) is 7.42. The van der Waals surface area contributed by atoms with Crippen molar-refractivity contribution in [3.63, 3.8) is 0 Å². The fourth-order valence-corrected chi connectivity index (χ4v) is 3.58. The predicted octanol–water partition coefficient (Wildman–Crippen LogP) is 4.86. The Hall–Kier alpha value is -2.08. The Morgan fingerprint density at radius 3 is 2.29 bits per heavy atom. The average Bonchev–Trinajstić information content (AvgIpc) is 2.59. The molecule has 4 nitrogen and oxygen atoms in total. The summed E-state index contributed by atoms with van der Waals surface area (Å²) in [7, 11) is -3.67. The summed E-state index contributed by atoms with van der Waals surface area (Å²) in [5.74, 6) is 0.223. The Bertz CT molecular complexity index is 960. The van der Waals surface area contributed by atoms with Gasteiger partial charge in [0.2, 0.25) is 0 Å². The monoisotopic (exact) mass is 378 g/mol. The maximum Gasteiger partial charge on any atom is 0.263 e. The molecule has 0 unspecified atom stereocenters. The summed E-state index contributed by atoms with van der Waals surface area (Å²) in [6.45, 7) is 0. The molecule has 0 atom stereocenters. The number of rotatable bonds is 4. The normalized spacial score (nSPS) is 11.2. The molecular weight excluding hydrogens is 367 g/mol. The highest BCUT2D eigenvalue weighted by Gasteiger charge is 2.14. The van der Waals surface area contributed by atoms with Crippen LogP contribution >= 0.6 is 23.2 Å². The van der Waals surface area contributed by atoms with Crippen molar-refractivity contribution in [3.8, 4) is 11.1 Å². The number of hydrogen-bond donors (Lipinski definition) is 1. The number of nitrogens with one attached hydrogen (secondary N) is 1. The summed E-state index contributed by atoms with van der Waals surface area (Å²) in [5, 5.41) is 0.876. The van der Waals surface area contributed by atoms with Crippen LogP contribution < -0.4 is 4.72 Å². The molecule has 3 rings (SSSR count). The van der Waals surface area contributed by atoms with E-state index in [2.05, 4.69) is 9.71 Å². The number of benzene rings is 2.